The number of aromatic nitrogens is 1. The normalized spacial score (nSPS) is 16.1. The molecular formula is C14H12FN3O5S. The summed E-state index contributed by atoms with van der Waals surface area (Å²) in [5, 5.41) is 9.90. The number of phenols is 1. The summed E-state index contributed by atoms with van der Waals surface area (Å²) in [5.41, 5.74) is -0.223. The minimum Gasteiger partial charge on any atom is -0.506 e. The quantitative estimate of drug-likeness (QED) is 0.844. The number of halogens is 1. The molecule has 2 aromatic rings. The van der Waals surface area contributed by atoms with Gasteiger partial charge in [-0.1, -0.05) is 0 Å². The van der Waals surface area contributed by atoms with Gasteiger partial charge in [-0.3, -0.25) is 4.79 Å². The molecule has 0 saturated carbocycles. The molecular weight excluding hydrogens is 341 g/mol. The fourth-order valence-corrected chi connectivity index (χ4v) is 3.48. The molecule has 1 aliphatic heterocycles. The van der Waals surface area contributed by atoms with Crippen LogP contribution >= 0.6 is 0 Å². The van der Waals surface area contributed by atoms with Gasteiger partial charge in [0.05, 0.1) is 7.11 Å². The highest BCUT2D eigenvalue weighted by Crippen LogP contribution is 2.38. The van der Waals surface area contributed by atoms with Crippen LogP contribution in [0.5, 0.6) is 11.6 Å². The van der Waals surface area contributed by atoms with E-state index in [1.54, 1.807) is 4.72 Å². The number of aromatic hydroxyl groups is 1. The van der Waals surface area contributed by atoms with Crippen LogP contribution in [0.15, 0.2) is 30.5 Å². The highest BCUT2D eigenvalue weighted by Gasteiger charge is 2.37. The number of carbonyl (C=O) groups is 1. The molecule has 1 aromatic heterocycles. The molecule has 1 fully saturated rings. The number of carbonyl (C=O) groups excluding carboxylic acids is 1. The van der Waals surface area contributed by atoms with Crippen molar-refractivity contribution in [2.45, 2.75) is 0 Å². The maximum atomic E-state index is 14.9. The standard InChI is InChI=1S/C14H12FN3O5S/c1-23-12-5-2-8(6-16-12)9-3-4-10(19)14(13(9)15)18-7-11(20)17-24(18,21)22/h2-6,19H,7H2,1H3,(H,17,20). The van der Waals surface area contributed by atoms with Crippen LogP contribution in [-0.4, -0.2) is 38.1 Å². The molecule has 0 spiro atoms. The van der Waals surface area contributed by atoms with Crippen LogP contribution in [0.25, 0.3) is 11.1 Å². The zero-order valence-electron chi connectivity index (χ0n) is 12.4. The number of benzene rings is 1. The Balaban J connectivity index is 2.13. The largest absolute Gasteiger partial charge is 0.506 e. The van der Waals surface area contributed by atoms with Gasteiger partial charge in [-0.05, 0) is 18.2 Å². The van der Waals surface area contributed by atoms with Gasteiger partial charge in [-0.2, -0.15) is 8.42 Å². The number of hydrogen-bond donors (Lipinski definition) is 2. The maximum Gasteiger partial charge on any atom is 0.326 e. The molecule has 2 N–H and O–H groups in total. The van der Waals surface area contributed by atoms with E-state index in [-0.39, 0.29) is 5.56 Å². The minimum absolute atomic E-state index is 0.0208. The Labute approximate surface area is 136 Å². The number of amides is 1. The number of hydrogen-bond acceptors (Lipinski definition) is 6. The van der Waals surface area contributed by atoms with Crippen LogP contribution in [0.3, 0.4) is 0 Å². The molecule has 3 rings (SSSR count). The summed E-state index contributed by atoms with van der Waals surface area (Å²) in [6.45, 7) is -0.614. The van der Waals surface area contributed by atoms with Gasteiger partial charge >= 0.3 is 10.2 Å². The molecule has 2 heterocycles. The Bertz CT molecular complexity index is 915. The minimum atomic E-state index is -4.25. The van der Waals surface area contributed by atoms with Gasteiger partial charge in [0.15, 0.2) is 5.82 Å². The van der Waals surface area contributed by atoms with Crippen molar-refractivity contribution in [3.05, 3.63) is 36.3 Å². The molecule has 1 amide bonds. The summed E-state index contributed by atoms with van der Waals surface area (Å²) >= 11 is 0. The first-order valence-electron chi connectivity index (χ1n) is 6.68. The van der Waals surface area contributed by atoms with E-state index in [9.17, 15) is 22.7 Å². The van der Waals surface area contributed by atoms with E-state index in [2.05, 4.69) is 4.98 Å². The predicted octanol–water partition coefficient (Wildman–Crippen LogP) is 0.783. The zero-order chi connectivity index (χ0) is 17.5. The maximum absolute atomic E-state index is 14.9. The summed E-state index contributed by atoms with van der Waals surface area (Å²) in [7, 11) is -2.81. The number of nitrogens with one attached hydrogen (secondary N) is 1. The van der Waals surface area contributed by atoms with Gasteiger partial charge in [0.2, 0.25) is 5.88 Å². The van der Waals surface area contributed by atoms with E-state index < -0.39 is 39.9 Å². The topological polar surface area (TPSA) is 109 Å². The smallest absolute Gasteiger partial charge is 0.326 e. The summed E-state index contributed by atoms with van der Waals surface area (Å²) in [6, 6.07) is 5.48. The molecule has 1 aliphatic rings. The van der Waals surface area contributed by atoms with Crippen LogP contribution in [0.1, 0.15) is 0 Å². The third kappa shape index (κ3) is 2.60. The second-order valence-electron chi connectivity index (χ2n) is 4.92. The average molecular weight is 353 g/mol. The van der Waals surface area contributed by atoms with Gasteiger partial charge in [-0.25, -0.2) is 18.4 Å². The molecule has 0 atom stereocenters. The molecule has 1 saturated heterocycles. The number of rotatable bonds is 3. The monoisotopic (exact) mass is 353 g/mol. The van der Waals surface area contributed by atoms with Gasteiger partial charge in [0.25, 0.3) is 5.91 Å². The van der Waals surface area contributed by atoms with Crippen molar-refractivity contribution in [1.82, 2.24) is 9.71 Å². The first kappa shape index (κ1) is 16.0. The number of ether oxygens (including phenoxy) is 1. The van der Waals surface area contributed by atoms with Crippen molar-refractivity contribution in [2.24, 2.45) is 0 Å². The van der Waals surface area contributed by atoms with Crippen LogP contribution in [0.4, 0.5) is 10.1 Å². The third-order valence-electron chi connectivity index (χ3n) is 3.42. The average Bonchev–Trinajstić information content (AvgIpc) is 2.80. The summed E-state index contributed by atoms with van der Waals surface area (Å²) in [6.07, 6.45) is 1.35. The Hall–Kier alpha value is -2.88. The van der Waals surface area contributed by atoms with Crippen LogP contribution < -0.4 is 13.8 Å². The first-order chi connectivity index (χ1) is 11.3. The van der Waals surface area contributed by atoms with Crippen LogP contribution in [0.2, 0.25) is 0 Å². The Morgan fingerprint density at radius 2 is 2.08 bits per heavy atom. The van der Waals surface area contributed by atoms with Crippen molar-refractivity contribution in [3.63, 3.8) is 0 Å². The van der Waals surface area contributed by atoms with E-state index in [0.29, 0.717) is 15.7 Å². The number of nitrogens with zero attached hydrogens (tertiary/aromatic N) is 2. The lowest BCUT2D eigenvalue weighted by Gasteiger charge is -2.18. The first-order valence-corrected chi connectivity index (χ1v) is 8.12. The Morgan fingerprint density at radius 3 is 2.62 bits per heavy atom. The molecule has 1 aromatic carbocycles. The van der Waals surface area contributed by atoms with Crippen molar-refractivity contribution in [3.8, 4) is 22.8 Å². The van der Waals surface area contributed by atoms with E-state index in [1.807, 2.05) is 0 Å². The lowest BCUT2D eigenvalue weighted by Crippen LogP contribution is -2.30. The highest BCUT2D eigenvalue weighted by molar-refractivity contribution is 7.92. The highest BCUT2D eigenvalue weighted by atomic mass is 32.2. The predicted molar refractivity (Wildman–Crippen MR) is 82.3 cm³/mol. The van der Waals surface area contributed by atoms with Gasteiger partial charge in [0.1, 0.15) is 18.0 Å². The van der Waals surface area contributed by atoms with E-state index in [1.165, 1.54) is 31.5 Å². The van der Waals surface area contributed by atoms with Crippen LogP contribution in [0, 0.1) is 5.82 Å². The second-order valence-corrected chi connectivity index (χ2v) is 6.52. The second kappa shape index (κ2) is 5.64. The Morgan fingerprint density at radius 1 is 1.33 bits per heavy atom. The molecule has 0 bridgehead atoms. The van der Waals surface area contributed by atoms with E-state index in [4.69, 9.17) is 4.74 Å². The lowest BCUT2D eigenvalue weighted by molar-refractivity contribution is -0.117. The van der Waals surface area contributed by atoms with Crippen molar-refractivity contribution in [2.75, 3.05) is 18.0 Å². The summed E-state index contributed by atoms with van der Waals surface area (Å²) in [5.74, 6) is -2.07. The van der Waals surface area contributed by atoms with E-state index in [0.717, 1.165) is 6.07 Å². The molecule has 0 unspecified atom stereocenters. The fourth-order valence-electron chi connectivity index (χ4n) is 2.32. The third-order valence-corrected chi connectivity index (χ3v) is 4.80. The Kier molecular flexibility index (Phi) is 3.76. The molecule has 0 aliphatic carbocycles. The van der Waals surface area contributed by atoms with Crippen molar-refractivity contribution < 1.29 is 27.4 Å². The number of pyridine rings is 1. The lowest BCUT2D eigenvalue weighted by atomic mass is 10.1. The van der Waals surface area contributed by atoms with Gasteiger partial charge in [-0.15, -0.1) is 0 Å². The zero-order valence-corrected chi connectivity index (χ0v) is 13.2. The van der Waals surface area contributed by atoms with Crippen molar-refractivity contribution >= 4 is 21.8 Å². The number of phenolic OH excluding ortho intramolecular Hbond substituents is 1. The van der Waals surface area contributed by atoms with Gasteiger partial charge in [0, 0.05) is 23.4 Å². The molecule has 126 valence electrons. The molecule has 0 radical (unpaired) electrons. The fraction of sp³-hybridized carbons (Fsp3) is 0.143. The SMILES string of the molecule is COc1ccc(-c2ccc(O)c(N3CC(=O)NS3(=O)=O)c2F)cn1. The number of methoxy groups -OCH3 is 1. The summed E-state index contributed by atoms with van der Waals surface area (Å²) in [4.78, 5) is 15.3. The molecule has 24 heavy (non-hydrogen) atoms. The van der Waals surface area contributed by atoms with E-state index >= 15 is 0 Å². The van der Waals surface area contributed by atoms with Crippen LogP contribution in [-0.2, 0) is 15.0 Å². The van der Waals surface area contributed by atoms with Crippen molar-refractivity contribution in [1.29, 1.82) is 0 Å². The molecule has 8 nitrogen and oxygen atoms in total. The number of anilines is 1. The summed E-state index contributed by atoms with van der Waals surface area (Å²) < 4.78 is 45.8. The molecule has 10 heteroatoms. The van der Waals surface area contributed by atoms with Gasteiger partial charge < -0.3 is 9.84 Å².